The van der Waals surface area contributed by atoms with Gasteiger partial charge in [-0.3, -0.25) is 9.89 Å². The maximum absolute atomic E-state index is 9.44. The van der Waals surface area contributed by atoms with Crippen LogP contribution < -0.4 is 10.6 Å². The lowest BCUT2D eigenvalue weighted by molar-refractivity contribution is 0.0170. The summed E-state index contributed by atoms with van der Waals surface area (Å²) in [6.45, 7) is 8.70. The molecule has 3 N–H and O–H groups in total. The van der Waals surface area contributed by atoms with Crippen LogP contribution in [-0.2, 0) is 9.47 Å². The van der Waals surface area contributed by atoms with E-state index in [2.05, 4.69) is 51.7 Å². The molecule has 1 aromatic carbocycles. The fraction of sp³-hybridized carbons (Fsp3) is 0.682. The molecule has 2 aliphatic heterocycles. The van der Waals surface area contributed by atoms with Crippen molar-refractivity contribution in [2.45, 2.75) is 25.8 Å². The molecular formula is C22H37IN4O3. The molecular weight excluding hydrogens is 495 g/mol. The van der Waals surface area contributed by atoms with E-state index in [0.29, 0.717) is 6.61 Å². The highest BCUT2D eigenvalue weighted by atomic mass is 127. The number of aryl methyl sites for hydroxylation is 1. The molecule has 2 fully saturated rings. The van der Waals surface area contributed by atoms with Crippen LogP contribution in [0.1, 0.15) is 30.0 Å². The summed E-state index contributed by atoms with van der Waals surface area (Å²) in [4.78, 5) is 6.89. The van der Waals surface area contributed by atoms with Gasteiger partial charge < -0.3 is 25.2 Å². The van der Waals surface area contributed by atoms with Crippen molar-refractivity contribution >= 4 is 29.9 Å². The molecule has 0 spiro atoms. The number of hydrogen-bond donors (Lipinski definition) is 3. The number of nitrogens with zero attached hydrogens (tertiary/aromatic N) is 2. The maximum Gasteiger partial charge on any atom is 0.191 e. The first kappa shape index (κ1) is 25.3. The molecule has 2 atom stereocenters. The van der Waals surface area contributed by atoms with Gasteiger partial charge in [-0.25, -0.2) is 0 Å². The van der Waals surface area contributed by atoms with Gasteiger partial charge in [-0.1, -0.05) is 29.8 Å². The molecule has 170 valence electrons. The van der Waals surface area contributed by atoms with Gasteiger partial charge in [0, 0.05) is 51.9 Å². The lowest BCUT2D eigenvalue weighted by Gasteiger charge is -2.35. The van der Waals surface area contributed by atoms with Crippen LogP contribution in [0.3, 0.4) is 0 Å². The number of rotatable bonds is 8. The summed E-state index contributed by atoms with van der Waals surface area (Å²) < 4.78 is 11.1. The number of hydrogen-bond acceptors (Lipinski definition) is 5. The van der Waals surface area contributed by atoms with Crippen molar-refractivity contribution in [3.8, 4) is 0 Å². The second-order valence-electron chi connectivity index (χ2n) is 8.16. The van der Waals surface area contributed by atoms with Gasteiger partial charge in [0.2, 0.25) is 0 Å². The molecule has 0 aliphatic carbocycles. The number of morpholine rings is 1. The highest BCUT2D eigenvalue weighted by Gasteiger charge is 2.34. The van der Waals surface area contributed by atoms with Gasteiger partial charge in [0.05, 0.1) is 25.9 Å². The monoisotopic (exact) mass is 532 g/mol. The topological polar surface area (TPSA) is 78.4 Å². The normalized spacial score (nSPS) is 23.6. The van der Waals surface area contributed by atoms with Crippen molar-refractivity contribution in [3.05, 3.63) is 35.4 Å². The summed E-state index contributed by atoms with van der Waals surface area (Å²) in [6.07, 6.45) is 1.72. The number of halogens is 1. The van der Waals surface area contributed by atoms with Crippen LogP contribution in [0, 0.1) is 12.3 Å². The summed E-state index contributed by atoms with van der Waals surface area (Å²) in [5, 5.41) is 16.4. The van der Waals surface area contributed by atoms with Crippen LogP contribution in [0.25, 0.3) is 0 Å². The van der Waals surface area contributed by atoms with E-state index >= 15 is 0 Å². The van der Waals surface area contributed by atoms with E-state index in [1.165, 1.54) is 11.1 Å². The van der Waals surface area contributed by atoms with E-state index in [9.17, 15) is 5.11 Å². The van der Waals surface area contributed by atoms with Crippen LogP contribution in [0.4, 0.5) is 0 Å². The Morgan fingerprint density at radius 1 is 1.17 bits per heavy atom. The highest BCUT2D eigenvalue weighted by molar-refractivity contribution is 14.0. The second-order valence-corrected chi connectivity index (χ2v) is 8.16. The third-order valence-corrected chi connectivity index (χ3v) is 6.09. The Balaban J connectivity index is 0.00000320. The zero-order chi connectivity index (χ0) is 20.5. The Morgan fingerprint density at radius 2 is 1.90 bits per heavy atom. The van der Waals surface area contributed by atoms with Crippen LogP contribution >= 0.6 is 24.0 Å². The summed E-state index contributed by atoms with van der Waals surface area (Å²) in [7, 11) is 1.80. The van der Waals surface area contributed by atoms with Gasteiger partial charge in [-0.05, 0) is 25.3 Å². The minimum Gasteiger partial charge on any atom is -0.396 e. The molecule has 8 heteroatoms. The van der Waals surface area contributed by atoms with Gasteiger partial charge in [-0.2, -0.15) is 0 Å². The van der Waals surface area contributed by atoms with Gasteiger partial charge in [0.1, 0.15) is 0 Å². The number of nitrogens with one attached hydrogen (secondary N) is 2. The van der Waals surface area contributed by atoms with E-state index in [1.54, 1.807) is 7.05 Å². The van der Waals surface area contributed by atoms with E-state index in [1.807, 2.05) is 0 Å². The Morgan fingerprint density at radius 3 is 2.50 bits per heavy atom. The molecule has 0 bridgehead atoms. The van der Waals surface area contributed by atoms with E-state index in [-0.39, 0.29) is 42.0 Å². The third kappa shape index (κ3) is 7.05. The van der Waals surface area contributed by atoms with Gasteiger partial charge in [-0.15, -0.1) is 24.0 Å². The van der Waals surface area contributed by atoms with Crippen molar-refractivity contribution < 1.29 is 14.6 Å². The predicted molar refractivity (Wildman–Crippen MR) is 131 cm³/mol. The summed E-state index contributed by atoms with van der Waals surface area (Å²) in [5.41, 5.74) is 2.57. The third-order valence-electron chi connectivity index (χ3n) is 6.09. The zero-order valence-electron chi connectivity index (χ0n) is 18.2. The van der Waals surface area contributed by atoms with E-state index in [0.717, 1.165) is 64.8 Å². The van der Waals surface area contributed by atoms with Gasteiger partial charge in [0.25, 0.3) is 0 Å². The average molecular weight is 532 g/mol. The van der Waals surface area contributed by atoms with E-state index in [4.69, 9.17) is 9.47 Å². The Labute approximate surface area is 197 Å². The fourth-order valence-electron chi connectivity index (χ4n) is 4.13. The minimum absolute atomic E-state index is 0. The first-order valence-electron chi connectivity index (χ1n) is 10.7. The molecule has 2 unspecified atom stereocenters. The number of aliphatic hydroxyl groups is 1. The second kappa shape index (κ2) is 12.8. The smallest absolute Gasteiger partial charge is 0.191 e. The summed E-state index contributed by atoms with van der Waals surface area (Å²) in [6, 6.07) is 9.06. The molecule has 3 rings (SSSR count). The summed E-state index contributed by atoms with van der Waals surface area (Å²) >= 11 is 0. The van der Waals surface area contributed by atoms with Gasteiger partial charge in [0.15, 0.2) is 5.96 Å². The first-order valence-corrected chi connectivity index (χ1v) is 10.7. The first-order chi connectivity index (χ1) is 14.2. The molecule has 0 amide bonds. The van der Waals surface area contributed by atoms with E-state index < -0.39 is 0 Å². The molecule has 2 aliphatic rings. The SMILES string of the molecule is CN=C(NCC(c1ccc(C)cc1)N1CCOCC1)NCC1(CCO)CCOC1.I. The fourth-order valence-corrected chi connectivity index (χ4v) is 4.13. The largest absolute Gasteiger partial charge is 0.396 e. The van der Waals surface area contributed by atoms with Crippen molar-refractivity contribution in [1.29, 1.82) is 0 Å². The zero-order valence-corrected chi connectivity index (χ0v) is 20.6. The quantitative estimate of drug-likeness (QED) is 0.270. The lowest BCUT2D eigenvalue weighted by atomic mass is 9.84. The Hall–Kier alpha value is -0.940. The number of ether oxygens (including phenoxy) is 2. The van der Waals surface area contributed by atoms with Gasteiger partial charge >= 0.3 is 0 Å². The summed E-state index contributed by atoms with van der Waals surface area (Å²) in [5.74, 6) is 0.791. The number of aliphatic hydroxyl groups excluding tert-OH is 1. The molecule has 0 saturated carbocycles. The van der Waals surface area contributed by atoms with Crippen molar-refractivity contribution in [2.75, 3.05) is 66.3 Å². The Kier molecular flexibility index (Phi) is 10.8. The molecule has 30 heavy (non-hydrogen) atoms. The number of guanidine groups is 1. The number of benzene rings is 1. The van der Waals surface area contributed by atoms with Crippen molar-refractivity contribution in [3.63, 3.8) is 0 Å². The van der Waals surface area contributed by atoms with Crippen LogP contribution in [-0.4, -0.2) is 82.2 Å². The molecule has 2 saturated heterocycles. The molecule has 7 nitrogen and oxygen atoms in total. The molecule has 2 heterocycles. The van der Waals surface area contributed by atoms with Crippen molar-refractivity contribution in [1.82, 2.24) is 15.5 Å². The van der Waals surface area contributed by atoms with Crippen LogP contribution in [0.15, 0.2) is 29.3 Å². The standard InChI is InChI=1S/C22H36N4O3.HI/c1-18-3-5-19(6-4-18)20(26-9-13-28-14-10-26)15-24-21(23-2)25-16-22(7-11-27)8-12-29-17-22;/h3-6,20,27H,7-17H2,1-2H3,(H2,23,24,25);1H. The molecule has 1 aromatic rings. The van der Waals surface area contributed by atoms with Crippen molar-refractivity contribution in [2.24, 2.45) is 10.4 Å². The predicted octanol–water partition coefficient (Wildman–Crippen LogP) is 1.94. The van der Waals surface area contributed by atoms with Crippen LogP contribution in [0.2, 0.25) is 0 Å². The maximum atomic E-state index is 9.44. The highest BCUT2D eigenvalue weighted by Crippen LogP contribution is 2.31. The Bertz CT molecular complexity index is 644. The number of aliphatic imine (C=N–C) groups is 1. The minimum atomic E-state index is -0.00701. The average Bonchev–Trinajstić information content (AvgIpc) is 3.21. The lowest BCUT2D eigenvalue weighted by Crippen LogP contribution is -2.48. The molecule has 0 aromatic heterocycles. The molecule has 0 radical (unpaired) electrons. The van der Waals surface area contributed by atoms with Crippen LogP contribution in [0.5, 0.6) is 0 Å².